The Hall–Kier alpha value is -2.08. The topological polar surface area (TPSA) is 44.8 Å². The van der Waals surface area contributed by atoms with Crippen molar-refractivity contribution in [3.63, 3.8) is 0 Å². The molecule has 3 rings (SSSR count). The molecule has 1 fully saturated rings. The van der Waals surface area contributed by atoms with E-state index in [1.807, 2.05) is 56.6 Å². The molecule has 1 aliphatic heterocycles. The molecule has 0 saturated carbocycles. The zero-order valence-corrected chi connectivity index (χ0v) is 17.5. The van der Waals surface area contributed by atoms with Crippen LogP contribution in [-0.2, 0) is 4.74 Å². The van der Waals surface area contributed by atoms with Crippen LogP contribution in [0.4, 0.5) is 5.69 Å². The number of benzene rings is 2. The molecule has 2 aromatic carbocycles. The maximum absolute atomic E-state index is 12.8. The molecule has 0 radical (unpaired) electrons. The Morgan fingerprint density at radius 1 is 1.21 bits per heavy atom. The number of anilines is 1. The molecule has 1 amide bonds. The third-order valence-corrected chi connectivity index (χ3v) is 5.37. The number of rotatable bonds is 6. The minimum absolute atomic E-state index is 0.0480. The van der Waals surface area contributed by atoms with Gasteiger partial charge >= 0.3 is 0 Å². The van der Waals surface area contributed by atoms with E-state index < -0.39 is 0 Å². The molecule has 1 N–H and O–H groups in total. The van der Waals surface area contributed by atoms with Gasteiger partial charge in [0.15, 0.2) is 0 Å². The molecule has 1 saturated heterocycles. The summed E-state index contributed by atoms with van der Waals surface area (Å²) < 4.78 is 5.44. The zero-order valence-electron chi connectivity index (χ0n) is 16.7. The number of nitrogens with zero attached hydrogens (tertiary/aromatic N) is 2. The molecule has 1 atom stereocenters. The largest absolute Gasteiger partial charge is 0.378 e. The Labute approximate surface area is 172 Å². The number of carbonyl (C=O) groups excluding carboxylic acids is 1. The number of hydrogen-bond donors (Lipinski definition) is 1. The Kier molecular flexibility index (Phi) is 6.94. The van der Waals surface area contributed by atoms with Crippen molar-refractivity contribution in [1.29, 1.82) is 0 Å². The number of nitrogens with one attached hydrogen (secondary N) is 1. The Morgan fingerprint density at radius 2 is 1.96 bits per heavy atom. The maximum atomic E-state index is 12.8. The third kappa shape index (κ3) is 5.04. The summed E-state index contributed by atoms with van der Waals surface area (Å²) in [6.07, 6.45) is 0. The van der Waals surface area contributed by atoms with E-state index in [2.05, 4.69) is 22.0 Å². The van der Waals surface area contributed by atoms with Crippen molar-refractivity contribution in [3.05, 3.63) is 64.2 Å². The normalized spacial score (nSPS) is 15.5. The van der Waals surface area contributed by atoms with Gasteiger partial charge in [-0.15, -0.1) is 0 Å². The van der Waals surface area contributed by atoms with Gasteiger partial charge in [-0.3, -0.25) is 4.79 Å². The van der Waals surface area contributed by atoms with Crippen LogP contribution in [0.1, 0.15) is 27.5 Å². The highest BCUT2D eigenvalue weighted by Crippen LogP contribution is 2.24. The van der Waals surface area contributed by atoms with Crippen LogP contribution in [0.3, 0.4) is 0 Å². The lowest BCUT2D eigenvalue weighted by Crippen LogP contribution is -2.37. The summed E-state index contributed by atoms with van der Waals surface area (Å²) in [5.41, 5.74) is 4.03. The molecule has 0 aromatic heterocycles. The Bertz CT molecular complexity index is 819. The van der Waals surface area contributed by atoms with Gasteiger partial charge in [-0.05, 0) is 56.4 Å². The number of carbonyl (C=O) groups is 1. The van der Waals surface area contributed by atoms with E-state index in [-0.39, 0.29) is 11.9 Å². The second kappa shape index (κ2) is 9.41. The zero-order chi connectivity index (χ0) is 20.1. The summed E-state index contributed by atoms with van der Waals surface area (Å²) in [4.78, 5) is 17.2. The monoisotopic (exact) mass is 401 g/mol. The number of ether oxygens (including phenoxy) is 1. The molecular weight excluding hydrogens is 374 g/mol. The highest BCUT2D eigenvalue weighted by molar-refractivity contribution is 6.30. The molecule has 6 heteroatoms. The molecule has 0 unspecified atom stereocenters. The van der Waals surface area contributed by atoms with Gasteiger partial charge < -0.3 is 19.9 Å². The molecule has 1 aliphatic rings. The standard InChI is InChI=1S/C22H28ClN3O2/c1-16-7-8-18(14-20(16)26-9-11-28-12-10-26)22(27)24-15-21(25(2)3)17-5-4-6-19(23)13-17/h4-8,13-14,21H,9-12,15H2,1-3H3,(H,24,27)/t21-/m0/s1. The van der Waals surface area contributed by atoms with Gasteiger partial charge in [0.25, 0.3) is 5.91 Å². The first-order valence-corrected chi connectivity index (χ1v) is 9.97. The number of amides is 1. The van der Waals surface area contributed by atoms with Crippen molar-refractivity contribution >= 4 is 23.2 Å². The summed E-state index contributed by atoms with van der Waals surface area (Å²) in [6.45, 7) is 5.73. The van der Waals surface area contributed by atoms with E-state index >= 15 is 0 Å². The van der Waals surface area contributed by atoms with Gasteiger partial charge in [-0.25, -0.2) is 0 Å². The fourth-order valence-corrected chi connectivity index (χ4v) is 3.70. The second-order valence-electron chi connectivity index (χ2n) is 7.35. The molecule has 28 heavy (non-hydrogen) atoms. The van der Waals surface area contributed by atoms with E-state index in [1.54, 1.807) is 0 Å². The lowest BCUT2D eigenvalue weighted by atomic mass is 10.1. The van der Waals surface area contributed by atoms with Crippen LogP contribution in [-0.4, -0.2) is 57.8 Å². The molecule has 2 aromatic rings. The van der Waals surface area contributed by atoms with Crippen LogP contribution >= 0.6 is 11.6 Å². The first-order valence-electron chi connectivity index (χ1n) is 9.59. The molecule has 1 heterocycles. The van der Waals surface area contributed by atoms with Crippen LogP contribution in [0.25, 0.3) is 0 Å². The van der Waals surface area contributed by atoms with E-state index in [4.69, 9.17) is 16.3 Å². The average Bonchev–Trinajstić information content (AvgIpc) is 2.69. The molecular formula is C22H28ClN3O2. The average molecular weight is 402 g/mol. The van der Waals surface area contributed by atoms with Crippen molar-refractivity contribution in [3.8, 4) is 0 Å². The van der Waals surface area contributed by atoms with E-state index in [0.717, 1.165) is 37.6 Å². The van der Waals surface area contributed by atoms with Crippen molar-refractivity contribution in [2.75, 3.05) is 51.8 Å². The van der Waals surface area contributed by atoms with Crippen molar-refractivity contribution in [2.45, 2.75) is 13.0 Å². The highest BCUT2D eigenvalue weighted by atomic mass is 35.5. The van der Waals surface area contributed by atoms with Crippen LogP contribution in [0.15, 0.2) is 42.5 Å². The summed E-state index contributed by atoms with van der Waals surface area (Å²) in [6, 6.07) is 13.7. The highest BCUT2D eigenvalue weighted by Gasteiger charge is 2.18. The van der Waals surface area contributed by atoms with Crippen LogP contribution in [0.2, 0.25) is 5.02 Å². The van der Waals surface area contributed by atoms with Gasteiger partial charge in [-0.2, -0.15) is 0 Å². The van der Waals surface area contributed by atoms with Crippen LogP contribution in [0, 0.1) is 6.92 Å². The van der Waals surface area contributed by atoms with Gasteiger partial charge in [0.2, 0.25) is 0 Å². The lowest BCUT2D eigenvalue weighted by Gasteiger charge is -2.30. The lowest BCUT2D eigenvalue weighted by molar-refractivity contribution is 0.0942. The van der Waals surface area contributed by atoms with Crippen LogP contribution in [0.5, 0.6) is 0 Å². The number of morpholine rings is 1. The van der Waals surface area contributed by atoms with Crippen LogP contribution < -0.4 is 10.2 Å². The minimum atomic E-state index is -0.0663. The number of hydrogen-bond acceptors (Lipinski definition) is 4. The summed E-state index contributed by atoms with van der Waals surface area (Å²) in [5.74, 6) is -0.0663. The van der Waals surface area contributed by atoms with E-state index in [0.29, 0.717) is 17.1 Å². The number of halogens is 1. The predicted octanol–water partition coefficient (Wildman–Crippen LogP) is 3.52. The number of aryl methyl sites for hydroxylation is 1. The Morgan fingerprint density at radius 3 is 2.64 bits per heavy atom. The van der Waals surface area contributed by atoms with E-state index in [1.165, 1.54) is 5.56 Å². The summed E-state index contributed by atoms with van der Waals surface area (Å²) in [7, 11) is 4.00. The van der Waals surface area contributed by atoms with Gasteiger partial charge in [0, 0.05) is 35.9 Å². The Balaban J connectivity index is 1.71. The molecule has 0 spiro atoms. The third-order valence-electron chi connectivity index (χ3n) is 5.14. The summed E-state index contributed by atoms with van der Waals surface area (Å²) in [5, 5.41) is 3.78. The first kappa shape index (κ1) is 20.6. The van der Waals surface area contributed by atoms with Crippen molar-refractivity contribution in [1.82, 2.24) is 10.2 Å². The second-order valence-corrected chi connectivity index (χ2v) is 7.78. The SMILES string of the molecule is Cc1ccc(C(=O)NC[C@@H](c2cccc(Cl)c2)N(C)C)cc1N1CCOCC1. The predicted molar refractivity (Wildman–Crippen MR) is 114 cm³/mol. The molecule has 5 nitrogen and oxygen atoms in total. The van der Waals surface area contributed by atoms with Gasteiger partial charge in [0.05, 0.1) is 19.3 Å². The fourth-order valence-electron chi connectivity index (χ4n) is 3.50. The first-order chi connectivity index (χ1) is 13.5. The van der Waals surface area contributed by atoms with Crippen molar-refractivity contribution in [2.24, 2.45) is 0 Å². The van der Waals surface area contributed by atoms with Gasteiger partial charge in [-0.1, -0.05) is 29.8 Å². The van der Waals surface area contributed by atoms with E-state index in [9.17, 15) is 4.79 Å². The quantitative estimate of drug-likeness (QED) is 0.804. The molecule has 0 bridgehead atoms. The number of likely N-dealkylation sites (N-methyl/N-ethyl adjacent to an activating group) is 1. The summed E-state index contributed by atoms with van der Waals surface area (Å²) >= 11 is 6.14. The maximum Gasteiger partial charge on any atom is 0.251 e. The smallest absolute Gasteiger partial charge is 0.251 e. The van der Waals surface area contributed by atoms with Crippen molar-refractivity contribution < 1.29 is 9.53 Å². The fraction of sp³-hybridized carbons (Fsp3) is 0.409. The minimum Gasteiger partial charge on any atom is -0.378 e. The molecule has 150 valence electrons. The van der Waals surface area contributed by atoms with Gasteiger partial charge in [0.1, 0.15) is 0 Å². The molecule has 0 aliphatic carbocycles.